The second kappa shape index (κ2) is 7.57. The Morgan fingerprint density at radius 3 is 2.58 bits per heavy atom. The van der Waals surface area contributed by atoms with Crippen LogP contribution in [0.4, 0.5) is 0 Å². The Balaban J connectivity index is 2.50. The van der Waals surface area contributed by atoms with Gasteiger partial charge < -0.3 is 10.0 Å². The maximum Gasteiger partial charge on any atom is 0.236 e. The van der Waals surface area contributed by atoms with E-state index in [1.807, 2.05) is 30.7 Å². The first kappa shape index (κ1) is 16.1. The van der Waals surface area contributed by atoms with Gasteiger partial charge in [-0.25, -0.2) is 4.98 Å². The molecule has 0 aliphatic heterocycles. The lowest BCUT2D eigenvalue weighted by atomic mass is 10.4. The molecule has 0 saturated heterocycles. The van der Waals surface area contributed by atoms with Crippen LogP contribution in [0.5, 0.6) is 0 Å². The molecule has 0 fully saturated rings. The van der Waals surface area contributed by atoms with Crippen LogP contribution in [0, 0.1) is 0 Å². The number of carbonyl (C=O) groups is 1. The number of thiazole rings is 1. The smallest absolute Gasteiger partial charge is 0.236 e. The SMILES string of the molecule is CCN(CC)C(=O)CN(C)Cc1ncc([C@@H](C)O)s1. The van der Waals surface area contributed by atoms with Crippen molar-refractivity contribution < 1.29 is 9.90 Å². The van der Waals surface area contributed by atoms with Crippen molar-refractivity contribution in [3.8, 4) is 0 Å². The van der Waals surface area contributed by atoms with Crippen molar-refractivity contribution in [1.82, 2.24) is 14.8 Å². The lowest BCUT2D eigenvalue weighted by molar-refractivity contribution is -0.131. The number of likely N-dealkylation sites (N-methyl/N-ethyl adjacent to an activating group) is 2. The van der Waals surface area contributed by atoms with Gasteiger partial charge in [-0.05, 0) is 27.8 Å². The molecule has 1 aromatic heterocycles. The zero-order valence-electron chi connectivity index (χ0n) is 12.1. The first-order valence-electron chi connectivity index (χ1n) is 6.56. The normalized spacial score (nSPS) is 12.7. The third kappa shape index (κ3) is 4.89. The van der Waals surface area contributed by atoms with Gasteiger partial charge in [0.2, 0.25) is 5.91 Å². The Bertz CT molecular complexity index is 402. The van der Waals surface area contributed by atoms with Crippen LogP contribution in [0.15, 0.2) is 6.20 Å². The Morgan fingerprint density at radius 1 is 1.47 bits per heavy atom. The summed E-state index contributed by atoms with van der Waals surface area (Å²) in [6.45, 7) is 8.20. The molecule has 6 heteroatoms. The van der Waals surface area contributed by atoms with Gasteiger partial charge in [0.05, 0.1) is 24.1 Å². The second-order valence-corrected chi connectivity index (χ2v) is 5.72. The molecule has 0 aromatic carbocycles. The van der Waals surface area contributed by atoms with Gasteiger partial charge in [0, 0.05) is 19.3 Å². The molecule has 1 heterocycles. The van der Waals surface area contributed by atoms with E-state index < -0.39 is 6.10 Å². The molecular weight excluding hydrogens is 262 g/mol. The van der Waals surface area contributed by atoms with Gasteiger partial charge >= 0.3 is 0 Å². The van der Waals surface area contributed by atoms with Crippen molar-refractivity contribution in [2.75, 3.05) is 26.7 Å². The van der Waals surface area contributed by atoms with Gasteiger partial charge in [0.15, 0.2) is 0 Å². The standard InChI is InChI=1S/C13H23N3O2S/c1-5-16(6-2)13(18)9-15(4)8-12-14-7-11(19-12)10(3)17/h7,10,17H,5-6,8-9H2,1-4H3/t10-/m1/s1. The molecular formula is C13H23N3O2S. The lowest BCUT2D eigenvalue weighted by Gasteiger charge is -2.22. The van der Waals surface area contributed by atoms with Gasteiger partial charge in [0.25, 0.3) is 0 Å². The number of amides is 1. The van der Waals surface area contributed by atoms with Crippen molar-refractivity contribution in [3.05, 3.63) is 16.1 Å². The Morgan fingerprint density at radius 2 is 2.11 bits per heavy atom. The summed E-state index contributed by atoms with van der Waals surface area (Å²) in [5, 5.41) is 10.4. The molecule has 0 bridgehead atoms. The van der Waals surface area contributed by atoms with E-state index in [-0.39, 0.29) is 5.91 Å². The van der Waals surface area contributed by atoms with Crippen LogP contribution in [0.3, 0.4) is 0 Å². The minimum atomic E-state index is -0.478. The summed E-state index contributed by atoms with van der Waals surface area (Å²) < 4.78 is 0. The van der Waals surface area contributed by atoms with E-state index in [4.69, 9.17) is 0 Å². The number of nitrogens with zero attached hydrogens (tertiary/aromatic N) is 3. The highest BCUT2D eigenvalue weighted by Gasteiger charge is 2.14. The summed E-state index contributed by atoms with van der Waals surface area (Å²) in [5.41, 5.74) is 0. The second-order valence-electron chi connectivity index (χ2n) is 4.57. The topological polar surface area (TPSA) is 56.7 Å². The van der Waals surface area contributed by atoms with E-state index in [1.54, 1.807) is 13.1 Å². The van der Waals surface area contributed by atoms with Gasteiger partial charge in [-0.1, -0.05) is 0 Å². The predicted octanol–water partition coefficient (Wildman–Crippen LogP) is 1.50. The molecule has 5 nitrogen and oxygen atoms in total. The fourth-order valence-corrected chi connectivity index (χ4v) is 2.72. The molecule has 0 aliphatic carbocycles. The predicted molar refractivity (Wildman–Crippen MR) is 77.0 cm³/mol. The number of aromatic nitrogens is 1. The van der Waals surface area contributed by atoms with Crippen LogP contribution in [0.25, 0.3) is 0 Å². The van der Waals surface area contributed by atoms with E-state index in [0.29, 0.717) is 13.1 Å². The van der Waals surface area contributed by atoms with Gasteiger partial charge in [-0.15, -0.1) is 11.3 Å². The van der Waals surface area contributed by atoms with Crippen LogP contribution in [-0.2, 0) is 11.3 Å². The van der Waals surface area contributed by atoms with Gasteiger partial charge in [0.1, 0.15) is 5.01 Å². The summed E-state index contributed by atoms with van der Waals surface area (Å²) in [6, 6.07) is 0. The van der Waals surface area contributed by atoms with Crippen molar-refractivity contribution in [3.63, 3.8) is 0 Å². The summed E-state index contributed by atoms with van der Waals surface area (Å²) in [5.74, 6) is 0.139. The average Bonchev–Trinajstić information content (AvgIpc) is 2.78. The van der Waals surface area contributed by atoms with E-state index in [2.05, 4.69) is 4.98 Å². The Kier molecular flexibility index (Phi) is 6.41. The molecule has 1 rings (SSSR count). The minimum Gasteiger partial charge on any atom is -0.388 e. The molecule has 1 aromatic rings. The van der Waals surface area contributed by atoms with Crippen molar-refractivity contribution in [2.45, 2.75) is 33.4 Å². The van der Waals surface area contributed by atoms with E-state index >= 15 is 0 Å². The molecule has 0 saturated carbocycles. The number of aliphatic hydroxyl groups excluding tert-OH is 1. The van der Waals surface area contributed by atoms with E-state index in [9.17, 15) is 9.90 Å². The number of carbonyl (C=O) groups excluding carboxylic acids is 1. The molecule has 1 amide bonds. The number of rotatable bonds is 7. The minimum absolute atomic E-state index is 0.139. The molecule has 1 N–H and O–H groups in total. The Hall–Kier alpha value is -0.980. The first-order chi connectivity index (χ1) is 8.97. The third-order valence-electron chi connectivity index (χ3n) is 2.91. The lowest BCUT2D eigenvalue weighted by Crippen LogP contribution is -2.38. The molecule has 0 radical (unpaired) electrons. The number of hydrogen-bond acceptors (Lipinski definition) is 5. The third-order valence-corrected chi connectivity index (χ3v) is 4.06. The maximum atomic E-state index is 11.9. The summed E-state index contributed by atoms with van der Waals surface area (Å²) >= 11 is 1.49. The van der Waals surface area contributed by atoms with Crippen molar-refractivity contribution >= 4 is 17.2 Å². The van der Waals surface area contributed by atoms with Crippen LogP contribution >= 0.6 is 11.3 Å². The Labute approximate surface area is 118 Å². The summed E-state index contributed by atoms with van der Waals surface area (Å²) in [7, 11) is 1.91. The zero-order chi connectivity index (χ0) is 14.4. The largest absolute Gasteiger partial charge is 0.388 e. The van der Waals surface area contributed by atoms with Crippen molar-refractivity contribution in [1.29, 1.82) is 0 Å². The van der Waals surface area contributed by atoms with Crippen LogP contribution < -0.4 is 0 Å². The van der Waals surface area contributed by atoms with E-state index in [0.717, 1.165) is 23.0 Å². The van der Waals surface area contributed by atoms with Crippen LogP contribution in [0.1, 0.15) is 36.8 Å². The van der Waals surface area contributed by atoms with Crippen molar-refractivity contribution in [2.24, 2.45) is 0 Å². The molecule has 0 spiro atoms. The fourth-order valence-electron chi connectivity index (χ4n) is 1.78. The van der Waals surface area contributed by atoms with Crippen LogP contribution in [0.2, 0.25) is 0 Å². The fraction of sp³-hybridized carbons (Fsp3) is 0.692. The molecule has 1 atom stereocenters. The maximum absolute atomic E-state index is 11.9. The summed E-state index contributed by atoms with van der Waals surface area (Å²) in [4.78, 5) is 20.8. The first-order valence-corrected chi connectivity index (χ1v) is 7.38. The zero-order valence-corrected chi connectivity index (χ0v) is 12.9. The highest BCUT2D eigenvalue weighted by atomic mass is 32.1. The number of aliphatic hydroxyl groups is 1. The highest BCUT2D eigenvalue weighted by Crippen LogP contribution is 2.20. The molecule has 0 unspecified atom stereocenters. The average molecular weight is 285 g/mol. The van der Waals surface area contributed by atoms with Crippen LogP contribution in [-0.4, -0.2) is 52.5 Å². The number of hydrogen-bond donors (Lipinski definition) is 1. The van der Waals surface area contributed by atoms with Gasteiger partial charge in [-0.2, -0.15) is 0 Å². The van der Waals surface area contributed by atoms with Gasteiger partial charge in [-0.3, -0.25) is 9.69 Å². The molecule has 19 heavy (non-hydrogen) atoms. The molecule has 108 valence electrons. The monoisotopic (exact) mass is 285 g/mol. The quantitative estimate of drug-likeness (QED) is 0.825. The highest BCUT2D eigenvalue weighted by molar-refractivity contribution is 7.11. The van der Waals surface area contributed by atoms with E-state index in [1.165, 1.54) is 11.3 Å². The summed E-state index contributed by atoms with van der Waals surface area (Å²) in [6.07, 6.45) is 1.22. The molecule has 0 aliphatic rings.